The maximum atomic E-state index is 11.8. The maximum Gasteiger partial charge on any atom is 0.227 e. The molecular weight excluding hydrogens is 214 g/mol. The molecule has 0 fully saturated rings. The minimum Gasteiger partial charge on any atom is -0.359 e. The predicted octanol–water partition coefficient (Wildman–Crippen LogP) is 2.43. The quantitative estimate of drug-likeness (QED) is 0.875. The molecule has 2 aromatic rings. The van der Waals surface area contributed by atoms with Crippen molar-refractivity contribution < 1.29 is 4.79 Å². The van der Waals surface area contributed by atoms with Crippen molar-refractivity contribution >= 4 is 22.5 Å². The largest absolute Gasteiger partial charge is 0.359 e. The summed E-state index contributed by atoms with van der Waals surface area (Å²) in [6.07, 6.45) is 2.33. The molecule has 4 heteroatoms. The lowest BCUT2D eigenvalue weighted by atomic mass is 10.2. The topological polar surface area (TPSA) is 59.9 Å². The van der Waals surface area contributed by atoms with Gasteiger partial charge in [-0.2, -0.15) is 5.26 Å². The summed E-state index contributed by atoms with van der Waals surface area (Å²) in [5.41, 5.74) is 1.85. The van der Waals surface area contributed by atoms with E-state index in [-0.39, 0.29) is 18.7 Å². The van der Waals surface area contributed by atoms with E-state index in [0.717, 1.165) is 16.6 Å². The van der Waals surface area contributed by atoms with Crippen LogP contribution in [-0.2, 0) is 4.79 Å². The van der Waals surface area contributed by atoms with Crippen LogP contribution in [0.15, 0.2) is 30.5 Å². The highest BCUT2D eigenvalue weighted by Crippen LogP contribution is 2.25. The number of carbonyl (C=O) groups is 1. The standard InChI is InChI=1S/C13H13N3O/c1-16(13(17)7-4-8-14)12-9-15-11-6-3-2-5-10(11)12/h2-3,5-6,9,15H,4,7H2,1H3. The number of amides is 1. The highest BCUT2D eigenvalue weighted by molar-refractivity contribution is 6.02. The molecule has 0 spiro atoms. The molecule has 0 radical (unpaired) electrons. The van der Waals surface area contributed by atoms with Crippen LogP contribution in [0.2, 0.25) is 0 Å². The third-order valence-electron chi connectivity index (χ3n) is 2.75. The number of H-pyrrole nitrogens is 1. The van der Waals surface area contributed by atoms with Crippen LogP contribution in [0.1, 0.15) is 12.8 Å². The maximum absolute atomic E-state index is 11.8. The van der Waals surface area contributed by atoms with E-state index >= 15 is 0 Å². The van der Waals surface area contributed by atoms with Gasteiger partial charge in [-0.3, -0.25) is 4.79 Å². The molecule has 0 atom stereocenters. The fourth-order valence-corrected chi connectivity index (χ4v) is 1.80. The van der Waals surface area contributed by atoms with Crippen molar-refractivity contribution in [1.29, 1.82) is 5.26 Å². The second-order valence-corrected chi connectivity index (χ2v) is 3.83. The number of hydrogen-bond acceptors (Lipinski definition) is 2. The molecule has 0 bridgehead atoms. The number of benzene rings is 1. The number of nitrogens with one attached hydrogen (secondary N) is 1. The van der Waals surface area contributed by atoms with Gasteiger partial charge in [-0.15, -0.1) is 0 Å². The Bertz CT molecular complexity index is 580. The first-order valence-electron chi connectivity index (χ1n) is 5.43. The fraction of sp³-hybridized carbons (Fsp3) is 0.231. The van der Waals surface area contributed by atoms with Crippen LogP contribution in [0.4, 0.5) is 5.69 Å². The zero-order valence-corrected chi connectivity index (χ0v) is 9.60. The molecule has 2 rings (SSSR count). The molecule has 1 amide bonds. The Morgan fingerprint density at radius 3 is 3.00 bits per heavy atom. The minimum absolute atomic E-state index is 0.0451. The Labute approximate surface area is 99.5 Å². The Morgan fingerprint density at radius 1 is 1.47 bits per heavy atom. The molecule has 0 aliphatic carbocycles. The normalized spacial score (nSPS) is 10.1. The highest BCUT2D eigenvalue weighted by Gasteiger charge is 2.13. The summed E-state index contributed by atoms with van der Waals surface area (Å²) in [7, 11) is 1.73. The van der Waals surface area contributed by atoms with Crippen molar-refractivity contribution in [2.75, 3.05) is 11.9 Å². The number of anilines is 1. The van der Waals surface area contributed by atoms with Crippen molar-refractivity contribution in [2.24, 2.45) is 0 Å². The van der Waals surface area contributed by atoms with Crippen LogP contribution < -0.4 is 4.90 Å². The van der Waals surface area contributed by atoms with Gasteiger partial charge in [0.2, 0.25) is 5.91 Å². The van der Waals surface area contributed by atoms with Gasteiger partial charge in [-0.25, -0.2) is 0 Å². The van der Waals surface area contributed by atoms with Gasteiger partial charge in [0.05, 0.1) is 11.8 Å². The molecule has 0 saturated heterocycles. The zero-order chi connectivity index (χ0) is 12.3. The number of aromatic nitrogens is 1. The number of hydrogen-bond donors (Lipinski definition) is 1. The van der Waals surface area contributed by atoms with E-state index in [1.54, 1.807) is 11.9 Å². The lowest BCUT2D eigenvalue weighted by Gasteiger charge is -2.15. The fourth-order valence-electron chi connectivity index (χ4n) is 1.80. The van der Waals surface area contributed by atoms with Gasteiger partial charge >= 0.3 is 0 Å². The van der Waals surface area contributed by atoms with Crippen LogP contribution >= 0.6 is 0 Å². The number of fused-ring (bicyclic) bond motifs is 1. The molecule has 1 aromatic heterocycles. The van der Waals surface area contributed by atoms with E-state index < -0.39 is 0 Å². The second kappa shape index (κ2) is 4.71. The summed E-state index contributed by atoms with van der Waals surface area (Å²) in [4.78, 5) is 16.5. The van der Waals surface area contributed by atoms with E-state index in [9.17, 15) is 4.79 Å². The third-order valence-corrected chi connectivity index (χ3v) is 2.75. The van der Waals surface area contributed by atoms with Crippen LogP contribution in [0.3, 0.4) is 0 Å². The number of nitriles is 1. The molecular formula is C13H13N3O. The number of carbonyl (C=O) groups excluding carboxylic acids is 1. The molecule has 17 heavy (non-hydrogen) atoms. The van der Waals surface area contributed by atoms with Crippen LogP contribution in [-0.4, -0.2) is 17.9 Å². The molecule has 1 heterocycles. The summed E-state index contributed by atoms with van der Waals surface area (Å²) in [5.74, 6) is -0.0451. The van der Waals surface area contributed by atoms with Crippen molar-refractivity contribution in [1.82, 2.24) is 4.98 Å². The molecule has 4 nitrogen and oxygen atoms in total. The lowest BCUT2D eigenvalue weighted by Crippen LogP contribution is -2.25. The van der Waals surface area contributed by atoms with E-state index in [1.807, 2.05) is 36.5 Å². The number of para-hydroxylation sites is 1. The van der Waals surface area contributed by atoms with Crippen LogP contribution in [0.5, 0.6) is 0 Å². The molecule has 0 aliphatic rings. The Balaban J connectivity index is 2.28. The zero-order valence-electron chi connectivity index (χ0n) is 9.60. The highest BCUT2D eigenvalue weighted by atomic mass is 16.2. The molecule has 0 aliphatic heterocycles. The van der Waals surface area contributed by atoms with Crippen molar-refractivity contribution in [3.05, 3.63) is 30.5 Å². The van der Waals surface area contributed by atoms with Gasteiger partial charge in [0.1, 0.15) is 0 Å². The van der Waals surface area contributed by atoms with Gasteiger partial charge in [-0.1, -0.05) is 18.2 Å². The Morgan fingerprint density at radius 2 is 2.24 bits per heavy atom. The summed E-state index contributed by atoms with van der Waals surface area (Å²) in [5, 5.41) is 9.49. The average Bonchev–Trinajstić information content (AvgIpc) is 2.78. The van der Waals surface area contributed by atoms with E-state index in [0.29, 0.717) is 0 Å². The van der Waals surface area contributed by atoms with Gasteiger partial charge in [-0.05, 0) is 6.07 Å². The van der Waals surface area contributed by atoms with Gasteiger partial charge < -0.3 is 9.88 Å². The Kier molecular flexibility index (Phi) is 3.10. The summed E-state index contributed by atoms with van der Waals surface area (Å²) in [6.45, 7) is 0. The number of nitrogens with zero attached hydrogens (tertiary/aromatic N) is 2. The molecule has 0 saturated carbocycles. The van der Waals surface area contributed by atoms with Gasteiger partial charge in [0.25, 0.3) is 0 Å². The first-order valence-corrected chi connectivity index (χ1v) is 5.43. The smallest absolute Gasteiger partial charge is 0.227 e. The molecule has 1 N–H and O–H groups in total. The average molecular weight is 227 g/mol. The number of aromatic amines is 1. The SMILES string of the molecule is CN(C(=O)CCC#N)c1c[nH]c2ccccc12. The molecule has 86 valence electrons. The Hall–Kier alpha value is -2.28. The van der Waals surface area contributed by atoms with E-state index in [1.165, 1.54) is 0 Å². The van der Waals surface area contributed by atoms with Gasteiger partial charge in [0.15, 0.2) is 0 Å². The van der Waals surface area contributed by atoms with Crippen molar-refractivity contribution in [2.45, 2.75) is 12.8 Å². The first kappa shape index (κ1) is 11.2. The van der Waals surface area contributed by atoms with E-state index in [2.05, 4.69) is 4.98 Å². The minimum atomic E-state index is -0.0451. The van der Waals surface area contributed by atoms with Crippen LogP contribution in [0.25, 0.3) is 10.9 Å². The van der Waals surface area contributed by atoms with Crippen molar-refractivity contribution in [3.63, 3.8) is 0 Å². The summed E-state index contributed by atoms with van der Waals surface area (Å²) >= 11 is 0. The van der Waals surface area contributed by atoms with Gasteiger partial charge in [0, 0.05) is 37.0 Å². The molecule has 1 aromatic carbocycles. The van der Waals surface area contributed by atoms with Crippen molar-refractivity contribution in [3.8, 4) is 6.07 Å². The first-order chi connectivity index (χ1) is 8.24. The lowest BCUT2D eigenvalue weighted by molar-refractivity contribution is -0.118. The second-order valence-electron chi connectivity index (χ2n) is 3.83. The predicted molar refractivity (Wildman–Crippen MR) is 66.6 cm³/mol. The summed E-state index contributed by atoms with van der Waals surface area (Å²) in [6, 6.07) is 9.80. The van der Waals surface area contributed by atoms with E-state index in [4.69, 9.17) is 5.26 Å². The molecule has 0 unspecified atom stereocenters. The monoisotopic (exact) mass is 227 g/mol. The van der Waals surface area contributed by atoms with Crippen LogP contribution in [0, 0.1) is 11.3 Å². The number of rotatable bonds is 3. The third kappa shape index (κ3) is 2.13. The summed E-state index contributed by atoms with van der Waals surface area (Å²) < 4.78 is 0.